The number of aliphatic hydroxyl groups is 2. The fraction of sp³-hybridized carbons (Fsp3) is 1.00. The average Bonchev–Trinajstić information content (AvgIpc) is 3.65. The predicted molar refractivity (Wildman–Crippen MR) is 152 cm³/mol. The molecule has 5 saturated carbocycles. The summed E-state index contributed by atoms with van der Waals surface area (Å²) in [4.78, 5) is 0. The van der Waals surface area contributed by atoms with Crippen LogP contribution in [-0.2, 0) is 4.74 Å². The molecule has 0 aliphatic heterocycles. The first-order valence-corrected chi connectivity index (χ1v) is 15.8. The molecule has 35 heavy (non-hydrogen) atoms. The van der Waals surface area contributed by atoms with Crippen molar-refractivity contribution in [3.63, 3.8) is 0 Å². The summed E-state index contributed by atoms with van der Waals surface area (Å²) in [6.45, 7) is 26.4. The Labute approximate surface area is 220 Å². The van der Waals surface area contributed by atoms with E-state index in [2.05, 4.69) is 27.7 Å². The molecule has 0 aromatic carbocycles. The minimum absolute atomic E-state index is 0.00148. The summed E-state index contributed by atoms with van der Waals surface area (Å²) in [6, 6.07) is 0. The lowest BCUT2D eigenvalue weighted by Crippen LogP contribution is -2.64. The highest BCUT2D eigenvalue weighted by atomic mass is 16.5. The molecule has 0 spiro atoms. The smallest absolute Gasteiger partial charge is 0.0759 e. The van der Waals surface area contributed by atoms with Gasteiger partial charge in [0.2, 0.25) is 0 Å². The minimum Gasteiger partial charge on any atom is -0.393 e. The summed E-state index contributed by atoms with van der Waals surface area (Å²) in [7, 11) is 0. The molecule has 11 unspecified atom stereocenters. The van der Waals surface area contributed by atoms with Gasteiger partial charge >= 0.3 is 0 Å². The van der Waals surface area contributed by atoms with Crippen molar-refractivity contribution in [1.29, 1.82) is 0 Å². The van der Waals surface area contributed by atoms with Crippen LogP contribution in [0.5, 0.6) is 0 Å². The van der Waals surface area contributed by atoms with Gasteiger partial charge < -0.3 is 14.9 Å². The van der Waals surface area contributed by atoms with Gasteiger partial charge in [-0.25, -0.2) is 0 Å². The lowest BCUT2D eigenvalue weighted by molar-refractivity contribution is -0.228. The average molecular weight is 497 g/mol. The molecule has 210 valence electrons. The Morgan fingerprint density at radius 1 is 0.829 bits per heavy atom. The Morgan fingerprint density at radius 2 is 1.43 bits per heavy atom. The van der Waals surface area contributed by atoms with Crippen LogP contribution >= 0.6 is 0 Å². The molecule has 5 aliphatic rings. The molecule has 5 fully saturated rings. The fourth-order valence-electron chi connectivity index (χ4n) is 9.11. The molecule has 0 saturated heterocycles. The summed E-state index contributed by atoms with van der Waals surface area (Å²) in [5.74, 6) is 3.95. The first-order valence-electron chi connectivity index (χ1n) is 15.8. The van der Waals surface area contributed by atoms with Crippen molar-refractivity contribution in [1.82, 2.24) is 0 Å². The summed E-state index contributed by atoms with van der Waals surface area (Å²) in [5.41, 5.74) is -0.295. The van der Waals surface area contributed by atoms with E-state index in [9.17, 15) is 10.2 Å². The molecule has 5 rings (SSSR count). The largest absolute Gasteiger partial charge is 0.393 e. The molecule has 0 radical (unpaired) electrons. The van der Waals surface area contributed by atoms with Crippen molar-refractivity contribution in [2.75, 3.05) is 6.61 Å². The lowest BCUT2D eigenvalue weighted by Gasteiger charge is -2.63. The molecule has 3 nitrogen and oxygen atoms in total. The highest BCUT2D eigenvalue weighted by Gasteiger charge is 2.75. The maximum atomic E-state index is 11.8. The number of rotatable bonds is 3. The Kier molecular flexibility index (Phi) is 12.8. The van der Waals surface area contributed by atoms with Crippen molar-refractivity contribution in [2.45, 2.75) is 152 Å². The second-order valence-corrected chi connectivity index (χ2v) is 11.6. The van der Waals surface area contributed by atoms with E-state index in [1.807, 2.05) is 55.4 Å². The van der Waals surface area contributed by atoms with Crippen molar-refractivity contribution in [3.05, 3.63) is 0 Å². The number of aliphatic hydroxyl groups excluding tert-OH is 1. The van der Waals surface area contributed by atoms with Crippen LogP contribution in [-0.4, -0.2) is 34.6 Å². The first kappa shape index (κ1) is 32.9. The van der Waals surface area contributed by atoms with Crippen molar-refractivity contribution < 1.29 is 14.9 Å². The zero-order valence-electron chi connectivity index (χ0n) is 25.8. The number of hydrogen-bond donors (Lipinski definition) is 2. The van der Waals surface area contributed by atoms with E-state index in [0.29, 0.717) is 41.6 Å². The maximum Gasteiger partial charge on any atom is 0.0759 e. The van der Waals surface area contributed by atoms with Crippen molar-refractivity contribution in [2.24, 2.45) is 46.3 Å². The zero-order chi connectivity index (χ0) is 27.2. The monoisotopic (exact) mass is 496 g/mol. The van der Waals surface area contributed by atoms with Gasteiger partial charge in [-0.15, -0.1) is 0 Å². The van der Waals surface area contributed by atoms with E-state index >= 15 is 0 Å². The van der Waals surface area contributed by atoms with Crippen LogP contribution in [0.2, 0.25) is 0 Å². The minimum atomic E-state index is -0.618. The van der Waals surface area contributed by atoms with E-state index in [1.165, 1.54) is 25.7 Å². The normalized spacial score (nSPS) is 48.2. The van der Waals surface area contributed by atoms with E-state index in [4.69, 9.17) is 4.74 Å². The van der Waals surface area contributed by atoms with E-state index < -0.39 is 5.60 Å². The summed E-state index contributed by atoms with van der Waals surface area (Å²) < 4.78 is 6.45. The molecular weight excluding hydrogens is 432 g/mol. The van der Waals surface area contributed by atoms with Gasteiger partial charge in [-0.2, -0.15) is 0 Å². The van der Waals surface area contributed by atoms with Gasteiger partial charge in [-0.3, -0.25) is 0 Å². The van der Waals surface area contributed by atoms with Crippen molar-refractivity contribution in [3.8, 4) is 0 Å². The summed E-state index contributed by atoms with van der Waals surface area (Å²) in [5, 5.41) is 22.1. The maximum absolute atomic E-state index is 11.8. The molecule has 2 N–H and O–H groups in total. The number of hydrogen-bond acceptors (Lipinski definition) is 3. The Hall–Kier alpha value is -0.120. The second kappa shape index (κ2) is 13.6. The molecule has 0 amide bonds. The van der Waals surface area contributed by atoms with Crippen LogP contribution in [0.15, 0.2) is 0 Å². The molecule has 0 bridgehead atoms. The van der Waals surface area contributed by atoms with Crippen LogP contribution in [0, 0.1) is 46.3 Å². The van der Waals surface area contributed by atoms with Gasteiger partial charge in [-0.05, 0) is 91.3 Å². The lowest BCUT2D eigenvalue weighted by atomic mass is 9.43. The predicted octanol–water partition coefficient (Wildman–Crippen LogP) is 8.51. The SMILES string of the molecule is CC.CC.CC.CC.CCCOC1C(C)CC2C3C4CC4C4(O)CC(O)CCC4(C)C3CCC21C. The highest BCUT2D eigenvalue weighted by Crippen LogP contribution is 2.76. The topological polar surface area (TPSA) is 49.7 Å². The van der Waals surface area contributed by atoms with Crippen LogP contribution < -0.4 is 0 Å². The van der Waals surface area contributed by atoms with Gasteiger partial charge in [-0.1, -0.05) is 83.1 Å². The van der Waals surface area contributed by atoms with Crippen LogP contribution in [0.1, 0.15) is 134 Å². The quantitative estimate of drug-likeness (QED) is 0.412. The summed E-state index contributed by atoms with van der Waals surface area (Å²) >= 11 is 0. The molecule has 0 aromatic rings. The third kappa shape index (κ3) is 5.40. The van der Waals surface area contributed by atoms with Gasteiger partial charge in [0.05, 0.1) is 17.8 Å². The first-order chi connectivity index (χ1) is 16.8. The Bertz CT molecular complexity index is 608. The molecule has 0 heterocycles. The van der Waals surface area contributed by atoms with Crippen LogP contribution in [0.25, 0.3) is 0 Å². The molecule has 0 aromatic heterocycles. The van der Waals surface area contributed by atoms with Crippen molar-refractivity contribution >= 4 is 0 Å². The van der Waals surface area contributed by atoms with E-state index in [-0.39, 0.29) is 11.5 Å². The number of fused-ring (bicyclic) bond motifs is 8. The second-order valence-electron chi connectivity index (χ2n) is 11.6. The molecule has 11 atom stereocenters. The standard InChI is InChI=1S/C24H40O3.4C2H6/c1-5-10-27-21-14(2)11-19-20-16-12-18(16)24(26)13-15(25)6-9-23(24,4)17(20)7-8-22(19,21)3;4*1-2/h14-21,25-26H,5-13H2,1-4H3;4*1-2H3. The Balaban J connectivity index is 0.000000699. The number of ether oxygens (including phenoxy) is 1. The molecular formula is C32H64O3. The third-order valence-electron chi connectivity index (χ3n) is 10.4. The Morgan fingerprint density at radius 3 is 2.00 bits per heavy atom. The van der Waals surface area contributed by atoms with Crippen LogP contribution in [0.4, 0.5) is 0 Å². The van der Waals surface area contributed by atoms with Crippen LogP contribution in [0.3, 0.4) is 0 Å². The van der Waals surface area contributed by atoms with E-state index in [0.717, 1.165) is 37.7 Å². The van der Waals surface area contributed by atoms with Gasteiger partial charge in [0, 0.05) is 13.0 Å². The van der Waals surface area contributed by atoms with Gasteiger partial charge in [0.25, 0.3) is 0 Å². The fourth-order valence-corrected chi connectivity index (χ4v) is 9.11. The van der Waals surface area contributed by atoms with Gasteiger partial charge in [0.15, 0.2) is 0 Å². The third-order valence-corrected chi connectivity index (χ3v) is 10.4. The summed E-state index contributed by atoms with van der Waals surface area (Å²) in [6.07, 6.45) is 8.73. The van der Waals surface area contributed by atoms with E-state index in [1.54, 1.807) is 0 Å². The molecule has 3 heteroatoms. The molecule has 5 aliphatic carbocycles. The zero-order valence-corrected chi connectivity index (χ0v) is 25.8. The van der Waals surface area contributed by atoms with Gasteiger partial charge in [0.1, 0.15) is 0 Å². The highest BCUT2D eigenvalue weighted by molar-refractivity contribution is 5.24.